The lowest BCUT2D eigenvalue weighted by atomic mass is 9.90. The molecule has 2 fully saturated rings. The zero-order chi connectivity index (χ0) is 41.4. The van der Waals surface area contributed by atoms with Gasteiger partial charge in [0.15, 0.2) is 0 Å². The number of aromatic nitrogens is 4. The molecule has 0 radical (unpaired) electrons. The van der Waals surface area contributed by atoms with E-state index in [0.29, 0.717) is 13.1 Å². The number of fused-ring (bicyclic) bond motifs is 2. The molecule has 7 rings (SSSR count). The fourth-order valence-electron chi connectivity index (χ4n) is 8.95. The fourth-order valence-corrected chi connectivity index (χ4v) is 8.95. The van der Waals surface area contributed by atoms with Gasteiger partial charge in [0.1, 0.15) is 11.6 Å². The Morgan fingerprint density at radius 1 is 0.655 bits per heavy atom. The highest BCUT2D eigenvalue weighted by Crippen LogP contribution is 2.39. The number of carbonyl (C=O) groups excluding carboxylic acids is 4. The minimum atomic E-state index is -0.443. The van der Waals surface area contributed by atoms with E-state index in [4.69, 9.17) is 19.4 Å². The Morgan fingerprint density at radius 2 is 1.05 bits per heavy atom. The van der Waals surface area contributed by atoms with Crippen LogP contribution in [0, 0.1) is 37.5 Å². The van der Waals surface area contributed by atoms with Gasteiger partial charge in [-0.15, -0.1) is 0 Å². The molecular formula is C46H56N6O6. The Bertz CT molecular complexity index is 2200. The van der Waals surface area contributed by atoms with Crippen LogP contribution >= 0.6 is 0 Å². The van der Waals surface area contributed by atoms with Crippen LogP contribution in [-0.4, -0.2) is 80.8 Å². The molecule has 12 heteroatoms. The largest absolute Gasteiger partial charge is 0.469 e. The van der Waals surface area contributed by atoms with Crippen LogP contribution in [-0.2, 0) is 28.7 Å². The van der Waals surface area contributed by atoms with Crippen molar-refractivity contribution in [2.75, 3.05) is 27.3 Å². The van der Waals surface area contributed by atoms with E-state index >= 15 is 0 Å². The van der Waals surface area contributed by atoms with Gasteiger partial charge in [-0.05, 0) is 109 Å². The maximum absolute atomic E-state index is 13.8. The Hall–Kier alpha value is -5.52. The average Bonchev–Trinajstić information content (AvgIpc) is 4.04. The smallest absolute Gasteiger partial charge is 0.306 e. The number of likely N-dealkylation sites (tertiary alicyclic amines) is 2. The molecule has 3 aromatic carbocycles. The molecule has 2 N–H and O–H groups in total. The Balaban J connectivity index is 1.11. The normalized spacial score (nSPS) is 18.1. The minimum absolute atomic E-state index is 0.00162. The van der Waals surface area contributed by atoms with Crippen molar-refractivity contribution in [2.45, 2.75) is 92.2 Å². The topological polar surface area (TPSA) is 151 Å². The molecule has 0 saturated carbocycles. The molecule has 2 aliphatic heterocycles. The van der Waals surface area contributed by atoms with Gasteiger partial charge in [-0.1, -0.05) is 52.0 Å². The van der Waals surface area contributed by atoms with Gasteiger partial charge in [-0.3, -0.25) is 19.2 Å². The average molecular weight is 789 g/mol. The van der Waals surface area contributed by atoms with Gasteiger partial charge in [0.2, 0.25) is 11.8 Å². The predicted molar refractivity (Wildman–Crippen MR) is 223 cm³/mol. The van der Waals surface area contributed by atoms with Crippen molar-refractivity contribution >= 4 is 45.8 Å². The van der Waals surface area contributed by atoms with Gasteiger partial charge in [0.05, 0.1) is 73.0 Å². The summed E-state index contributed by atoms with van der Waals surface area (Å²) >= 11 is 0. The molecule has 2 aliphatic rings. The number of carbonyl (C=O) groups is 4. The summed E-state index contributed by atoms with van der Waals surface area (Å²) < 4.78 is 9.80. The number of esters is 2. The van der Waals surface area contributed by atoms with E-state index in [2.05, 4.69) is 60.2 Å². The predicted octanol–water partition coefficient (Wildman–Crippen LogP) is 8.39. The number of hydrogen-bond acceptors (Lipinski definition) is 8. The number of methoxy groups -OCH3 is 2. The molecule has 1 unspecified atom stereocenters. The fraction of sp³-hybridized carbons (Fsp3) is 0.478. The van der Waals surface area contributed by atoms with Crippen molar-refractivity contribution in [3.8, 4) is 22.3 Å². The van der Waals surface area contributed by atoms with E-state index < -0.39 is 11.8 Å². The van der Waals surface area contributed by atoms with E-state index in [1.165, 1.54) is 25.3 Å². The standard InChI is InChI=1S/C46H56N6O6/c1-25(2)33(23-41(53)57-7)45(55)51-19-9-11-39(51)43-47-35-17-13-29(21-37(35)49-43)31-15-16-32(28(6)27(31)5)30-14-18-36-38(22-30)50-44(48-36)40-12-10-20-52(40)46(56)34(26(3)4)24-42(54)58-8/h13-18,21-22,25-26,33-34,39-40H,9-12,19-20,23-24H2,1-8H3,(H,47,49)(H,48,50)/t33-,34-,39-,40?/m0/s1. The summed E-state index contributed by atoms with van der Waals surface area (Å²) in [4.78, 5) is 72.5. The Morgan fingerprint density at radius 3 is 1.41 bits per heavy atom. The molecule has 4 heterocycles. The number of benzene rings is 3. The summed E-state index contributed by atoms with van der Waals surface area (Å²) in [6.07, 6.45) is 3.50. The second kappa shape index (κ2) is 16.8. The van der Waals surface area contributed by atoms with Crippen molar-refractivity contribution in [3.05, 3.63) is 71.3 Å². The summed E-state index contributed by atoms with van der Waals surface area (Å²) in [7, 11) is 2.72. The quantitative estimate of drug-likeness (QED) is 0.120. The highest BCUT2D eigenvalue weighted by atomic mass is 16.5. The van der Waals surface area contributed by atoms with Crippen molar-refractivity contribution in [1.82, 2.24) is 29.7 Å². The van der Waals surface area contributed by atoms with E-state index in [9.17, 15) is 19.2 Å². The second-order valence-corrected chi connectivity index (χ2v) is 16.8. The molecule has 5 aromatic rings. The molecule has 12 nitrogen and oxygen atoms in total. The second-order valence-electron chi connectivity index (χ2n) is 16.8. The number of H-pyrrole nitrogens is 2. The molecule has 306 valence electrons. The third-order valence-electron chi connectivity index (χ3n) is 12.6. The first-order valence-corrected chi connectivity index (χ1v) is 20.6. The first kappa shape index (κ1) is 40.7. The van der Waals surface area contributed by atoms with Crippen molar-refractivity contribution in [1.29, 1.82) is 0 Å². The number of amides is 2. The number of ether oxygens (including phenoxy) is 2. The number of hydrogen-bond donors (Lipinski definition) is 2. The van der Waals surface area contributed by atoms with Crippen LogP contribution < -0.4 is 0 Å². The van der Waals surface area contributed by atoms with E-state index in [0.717, 1.165) is 81.7 Å². The first-order valence-electron chi connectivity index (χ1n) is 20.6. The SMILES string of the molecule is COC(=O)C[C@H](C(=O)N1CCCC1c1nc2ccc(-c3ccc(-c4ccc5nc([C@@H]6CCCN6C(=O)[C@@H](CC(=O)OC)C(C)C)[nH]c5c4)c(C)c3C)cc2[nH]1)C(C)C. The minimum Gasteiger partial charge on any atom is -0.469 e. The third kappa shape index (κ3) is 7.85. The van der Waals surface area contributed by atoms with Crippen LogP contribution in [0.15, 0.2) is 48.5 Å². The van der Waals surface area contributed by atoms with Gasteiger partial charge < -0.3 is 29.2 Å². The Labute approximate surface area is 340 Å². The zero-order valence-corrected chi connectivity index (χ0v) is 35.0. The number of nitrogens with zero attached hydrogens (tertiary/aromatic N) is 4. The maximum atomic E-state index is 13.8. The number of nitrogens with one attached hydrogen (secondary N) is 2. The molecule has 0 bridgehead atoms. The van der Waals surface area contributed by atoms with E-state index in [1.807, 2.05) is 49.6 Å². The molecule has 58 heavy (non-hydrogen) atoms. The van der Waals surface area contributed by atoms with Gasteiger partial charge in [0.25, 0.3) is 0 Å². The highest BCUT2D eigenvalue weighted by molar-refractivity contribution is 5.88. The monoisotopic (exact) mass is 788 g/mol. The molecule has 0 aliphatic carbocycles. The Kier molecular flexibility index (Phi) is 11.7. The van der Waals surface area contributed by atoms with Crippen LogP contribution in [0.1, 0.15) is 101 Å². The number of imidazole rings is 2. The molecule has 4 atom stereocenters. The van der Waals surface area contributed by atoms with Gasteiger partial charge >= 0.3 is 11.9 Å². The van der Waals surface area contributed by atoms with Crippen LogP contribution in [0.3, 0.4) is 0 Å². The lowest BCUT2D eigenvalue weighted by Crippen LogP contribution is -2.39. The molecular weight excluding hydrogens is 733 g/mol. The number of rotatable bonds is 12. The first-order chi connectivity index (χ1) is 27.8. The maximum Gasteiger partial charge on any atom is 0.306 e. The zero-order valence-electron chi connectivity index (χ0n) is 35.0. The van der Waals surface area contributed by atoms with Crippen molar-refractivity contribution in [2.24, 2.45) is 23.7 Å². The van der Waals surface area contributed by atoms with E-state index in [1.54, 1.807) is 0 Å². The van der Waals surface area contributed by atoms with Crippen LogP contribution in [0.5, 0.6) is 0 Å². The van der Waals surface area contributed by atoms with E-state index in [-0.39, 0.29) is 60.5 Å². The summed E-state index contributed by atoms with van der Waals surface area (Å²) in [5, 5.41) is 0. The molecule has 2 amide bonds. The van der Waals surface area contributed by atoms with Crippen molar-refractivity contribution in [3.63, 3.8) is 0 Å². The number of aromatic amines is 2. The van der Waals surface area contributed by atoms with Crippen molar-refractivity contribution < 1.29 is 28.7 Å². The van der Waals surface area contributed by atoms with Gasteiger partial charge in [-0.2, -0.15) is 0 Å². The molecule has 2 saturated heterocycles. The highest BCUT2D eigenvalue weighted by Gasteiger charge is 2.39. The summed E-state index contributed by atoms with van der Waals surface area (Å²) in [6, 6.07) is 16.5. The summed E-state index contributed by atoms with van der Waals surface area (Å²) in [5.41, 5.74) is 10.3. The van der Waals surface area contributed by atoms with Gasteiger partial charge in [-0.25, -0.2) is 9.97 Å². The summed E-state index contributed by atoms with van der Waals surface area (Å²) in [5.74, 6) is -0.141. The van der Waals surface area contributed by atoms with Gasteiger partial charge in [0, 0.05) is 13.1 Å². The van der Waals surface area contributed by atoms with Crippen LogP contribution in [0.25, 0.3) is 44.3 Å². The lowest BCUT2D eigenvalue weighted by molar-refractivity contribution is -0.148. The third-order valence-corrected chi connectivity index (χ3v) is 12.6. The van der Waals surface area contributed by atoms with Crippen LogP contribution in [0.4, 0.5) is 0 Å². The molecule has 2 aromatic heterocycles. The summed E-state index contributed by atoms with van der Waals surface area (Å²) in [6.45, 7) is 13.5. The van der Waals surface area contributed by atoms with Crippen LogP contribution in [0.2, 0.25) is 0 Å². The lowest BCUT2D eigenvalue weighted by Gasteiger charge is -2.29. The molecule has 0 spiro atoms.